The van der Waals surface area contributed by atoms with E-state index in [1.54, 1.807) is 24.3 Å². The van der Waals surface area contributed by atoms with Gasteiger partial charge in [-0.05, 0) is 72.4 Å². The molecule has 4 rings (SSSR count). The number of Topliss-reactive ketones (excluding diaryl/α,β-unsaturated/α-hetero) is 1. The monoisotopic (exact) mass is 524 g/mol. The van der Waals surface area contributed by atoms with Crippen LogP contribution in [0.5, 0.6) is 0 Å². The number of rotatable bonds is 11. The molecular weight excluding hydrogens is 495 g/mol. The third-order valence-electron chi connectivity index (χ3n) is 6.43. The number of anilines is 2. The van der Waals surface area contributed by atoms with Crippen LogP contribution in [0.2, 0.25) is 0 Å². The van der Waals surface area contributed by atoms with Crippen molar-refractivity contribution in [3.8, 4) is 11.1 Å². The van der Waals surface area contributed by atoms with Gasteiger partial charge in [-0.2, -0.15) is 0 Å². The summed E-state index contributed by atoms with van der Waals surface area (Å²) in [6.07, 6.45) is 1.88. The number of benzene rings is 4. The summed E-state index contributed by atoms with van der Waals surface area (Å²) in [5, 5.41) is 15.0. The minimum Gasteiger partial charge on any atom is -0.481 e. The van der Waals surface area contributed by atoms with Gasteiger partial charge in [0.15, 0.2) is 5.78 Å². The molecule has 1 atom stereocenters. The van der Waals surface area contributed by atoms with Gasteiger partial charge >= 0.3 is 12.0 Å². The number of aliphatic carboxylic acids is 1. The molecule has 4 aromatic carbocycles. The Bertz CT molecular complexity index is 1400. The van der Waals surface area contributed by atoms with Gasteiger partial charge in [0.25, 0.3) is 0 Å². The van der Waals surface area contributed by atoms with Crippen LogP contribution < -0.4 is 10.6 Å². The van der Waals surface area contributed by atoms with E-state index in [2.05, 4.69) is 10.6 Å². The maximum Gasteiger partial charge on any atom is 0.323 e. The van der Waals surface area contributed by atoms with Crippen LogP contribution in [-0.4, -0.2) is 22.9 Å². The molecular formula is C32H29FN2O4. The van der Waals surface area contributed by atoms with Gasteiger partial charge in [-0.15, -0.1) is 0 Å². The smallest absolute Gasteiger partial charge is 0.323 e. The lowest BCUT2D eigenvalue weighted by Crippen LogP contribution is -2.19. The Labute approximate surface area is 226 Å². The Morgan fingerprint density at radius 1 is 0.718 bits per heavy atom. The number of urea groups is 1. The summed E-state index contributed by atoms with van der Waals surface area (Å²) in [4.78, 5) is 36.7. The van der Waals surface area contributed by atoms with Crippen LogP contribution in [0.25, 0.3) is 11.1 Å². The molecule has 0 aliphatic rings. The van der Waals surface area contributed by atoms with Gasteiger partial charge in [0.1, 0.15) is 5.82 Å². The van der Waals surface area contributed by atoms with Gasteiger partial charge in [0.05, 0.1) is 5.92 Å². The van der Waals surface area contributed by atoms with Gasteiger partial charge in [0, 0.05) is 23.4 Å². The first kappa shape index (κ1) is 27.3. The second kappa shape index (κ2) is 13.1. The highest BCUT2D eigenvalue weighted by atomic mass is 19.1. The summed E-state index contributed by atoms with van der Waals surface area (Å²) >= 11 is 0. The van der Waals surface area contributed by atoms with Crippen molar-refractivity contribution in [1.29, 1.82) is 0 Å². The van der Waals surface area contributed by atoms with Crippen molar-refractivity contribution in [2.75, 3.05) is 10.6 Å². The molecule has 0 fully saturated rings. The van der Waals surface area contributed by atoms with Gasteiger partial charge < -0.3 is 15.7 Å². The van der Waals surface area contributed by atoms with Gasteiger partial charge in [-0.25, -0.2) is 9.18 Å². The molecule has 0 aromatic heterocycles. The fraction of sp³-hybridized carbons (Fsp3) is 0.156. The normalized spacial score (nSPS) is 11.4. The summed E-state index contributed by atoms with van der Waals surface area (Å²) in [5.41, 5.74) is 4.46. The number of aryl methyl sites for hydroxylation is 1. The van der Waals surface area contributed by atoms with Crippen molar-refractivity contribution < 1.29 is 23.9 Å². The average Bonchev–Trinajstić information content (AvgIpc) is 2.94. The number of carbonyl (C=O) groups excluding carboxylic acids is 2. The summed E-state index contributed by atoms with van der Waals surface area (Å²) in [6.45, 7) is 0. The summed E-state index contributed by atoms with van der Waals surface area (Å²) in [6, 6.07) is 29.2. The van der Waals surface area contributed by atoms with E-state index in [9.17, 15) is 23.9 Å². The quantitative estimate of drug-likeness (QED) is 0.178. The van der Waals surface area contributed by atoms with E-state index in [0.717, 1.165) is 23.1 Å². The number of carboxylic acid groups (broad SMARTS) is 1. The molecule has 39 heavy (non-hydrogen) atoms. The molecule has 1 unspecified atom stereocenters. The summed E-state index contributed by atoms with van der Waals surface area (Å²) < 4.78 is 13.0. The van der Waals surface area contributed by atoms with Crippen LogP contribution in [0.1, 0.15) is 35.2 Å². The number of nitrogens with one attached hydrogen (secondary N) is 2. The van der Waals surface area contributed by atoms with Crippen LogP contribution in [0.3, 0.4) is 0 Å². The molecule has 2 amide bonds. The number of carbonyl (C=O) groups is 3. The molecule has 0 spiro atoms. The van der Waals surface area contributed by atoms with Crippen LogP contribution in [-0.2, 0) is 11.2 Å². The Hall–Kier alpha value is -4.78. The predicted molar refractivity (Wildman–Crippen MR) is 150 cm³/mol. The van der Waals surface area contributed by atoms with Crippen molar-refractivity contribution in [2.24, 2.45) is 5.92 Å². The third kappa shape index (κ3) is 8.10. The second-order valence-electron chi connectivity index (χ2n) is 9.28. The number of hydrogen-bond acceptors (Lipinski definition) is 3. The van der Waals surface area contributed by atoms with Gasteiger partial charge in [-0.3, -0.25) is 9.59 Å². The van der Waals surface area contributed by atoms with Crippen molar-refractivity contribution in [3.63, 3.8) is 0 Å². The lowest BCUT2D eigenvalue weighted by atomic mass is 9.92. The number of amides is 2. The Morgan fingerprint density at radius 2 is 1.26 bits per heavy atom. The highest BCUT2D eigenvalue weighted by Gasteiger charge is 2.21. The molecule has 6 nitrogen and oxygen atoms in total. The number of carboxylic acids is 1. The molecule has 0 saturated carbocycles. The van der Waals surface area contributed by atoms with Crippen LogP contribution in [0, 0.1) is 11.7 Å². The molecule has 3 N–H and O–H groups in total. The molecule has 0 saturated heterocycles. The maximum absolute atomic E-state index is 13.0. The van der Waals surface area contributed by atoms with E-state index in [-0.39, 0.29) is 18.0 Å². The molecule has 0 radical (unpaired) electrons. The Balaban J connectivity index is 1.30. The van der Waals surface area contributed by atoms with Crippen molar-refractivity contribution >= 4 is 29.2 Å². The first-order valence-corrected chi connectivity index (χ1v) is 12.7. The topological polar surface area (TPSA) is 95.5 Å². The minimum absolute atomic E-state index is 0.0379. The van der Waals surface area contributed by atoms with E-state index >= 15 is 0 Å². The Morgan fingerprint density at radius 3 is 1.82 bits per heavy atom. The molecule has 4 aromatic rings. The molecule has 7 heteroatoms. The van der Waals surface area contributed by atoms with Crippen LogP contribution in [0.15, 0.2) is 103 Å². The third-order valence-corrected chi connectivity index (χ3v) is 6.43. The molecule has 0 heterocycles. The van der Waals surface area contributed by atoms with Gasteiger partial charge in [0.2, 0.25) is 0 Å². The fourth-order valence-corrected chi connectivity index (χ4v) is 4.27. The van der Waals surface area contributed by atoms with E-state index in [1.807, 2.05) is 54.6 Å². The first-order valence-electron chi connectivity index (χ1n) is 12.7. The molecule has 0 aliphatic heterocycles. The average molecular weight is 525 g/mol. The lowest BCUT2D eigenvalue weighted by molar-refractivity contribution is -0.141. The largest absolute Gasteiger partial charge is 0.481 e. The second-order valence-corrected chi connectivity index (χ2v) is 9.28. The standard InChI is InChI=1S/C32H29FN2O4/c33-27-15-19-29(20-16-27)35-32(39)34-28-17-13-24(14-18-28)23-9-11-25(12-10-23)30(36)21-26(31(37)38)8-4-7-22-5-2-1-3-6-22/h1-3,5-6,9-20,26H,4,7-8,21H2,(H,37,38)(H2,34,35,39). The number of halogens is 1. The van der Waals surface area contributed by atoms with E-state index < -0.39 is 17.9 Å². The SMILES string of the molecule is O=C(Nc1ccc(F)cc1)Nc1ccc(-c2ccc(C(=O)CC(CCCc3ccccc3)C(=O)O)cc2)cc1. The molecule has 0 bridgehead atoms. The highest BCUT2D eigenvalue weighted by Crippen LogP contribution is 2.24. The first-order chi connectivity index (χ1) is 18.9. The summed E-state index contributed by atoms with van der Waals surface area (Å²) in [7, 11) is 0. The zero-order valence-corrected chi connectivity index (χ0v) is 21.3. The van der Waals surface area contributed by atoms with Crippen molar-refractivity contribution in [3.05, 3.63) is 120 Å². The van der Waals surface area contributed by atoms with Crippen molar-refractivity contribution in [2.45, 2.75) is 25.7 Å². The molecule has 0 aliphatic carbocycles. The maximum atomic E-state index is 13.0. The summed E-state index contributed by atoms with van der Waals surface area (Å²) in [5.74, 6) is -2.25. The van der Waals surface area contributed by atoms with E-state index in [1.165, 1.54) is 24.3 Å². The van der Waals surface area contributed by atoms with Crippen LogP contribution >= 0.6 is 0 Å². The zero-order chi connectivity index (χ0) is 27.6. The van der Waals surface area contributed by atoms with E-state index in [4.69, 9.17) is 0 Å². The van der Waals surface area contributed by atoms with Crippen LogP contribution in [0.4, 0.5) is 20.6 Å². The van der Waals surface area contributed by atoms with E-state index in [0.29, 0.717) is 29.8 Å². The fourth-order valence-electron chi connectivity index (χ4n) is 4.27. The lowest BCUT2D eigenvalue weighted by Gasteiger charge is -2.12. The Kier molecular flexibility index (Phi) is 9.19. The minimum atomic E-state index is -0.951. The zero-order valence-electron chi connectivity index (χ0n) is 21.3. The molecule has 198 valence electrons. The van der Waals surface area contributed by atoms with Gasteiger partial charge in [-0.1, -0.05) is 66.7 Å². The number of hydrogen-bond donors (Lipinski definition) is 3. The predicted octanol–water partition coefficient (Wildman–Crippen LogP) is 7.43. The number of ketones is 1. The highest BCUT2D eigenvalue weighted by molar-refractivity contribution is 6.00. The van der Waals surface area contributed by atoms with Crippen molar-refractivity contribution in [1.82, 2.24) is 0 Å².